The Balaban J connectivity index is 1.88. The van der Waals surface area contributed by atoms with E-state index >= 15 is 0 Å². The first-order valence-corrected chi connectivity index (χ1v) is 11.2. The Labute approximate surface area is 191 Å². The fraction of sp³-hybridized carbons (Fsp3) is 0. The van der Waals surface area contributed by atoms with E-state index in [1.165, 1.54) is 0 Å². The van der Waals surface area contributed by atoms with Crippen LogP contribution in [0.5, 0.6) is 0 Å². The highest BCUT2D eigenvalue weighted by molar-refractivity contribution is 9.10. The molecule has 5 nitrogen and oxygen atoms in total. The molecule has 0 saturated heterocycles. The van der Waals surface area contributed by atoms with Crippen molar-refractivity contribution in [3.8, 4) is 5.69 Å². The van der Waals surface area contributed by atoms with Crippen LogP contribution in [0.15, 0.2) is 102 Å². The molecule has 0 bridgehead atoms. The van der Waals surface area contributed by atoms with Gasteiger partial charge in [-0.3, -0.25) is 8.80 Å². The normalized spacial score (nSPS) is 11.9. The molecule has 3 heterocycles. The highest BCUT2D eigenvalue weighted by Crippen LogP contribution is 2.29. The van der Waals surface area contributed by atoms with Crippen molar-refractivity contribution in [1.82, 2.24) is 23.3 Å². The number of rotatable bonds is 1. The second-order valence-electron chi connectivity index (χ2n) is 7.77. The second kappa shape index (κ2) is 6.55. The molecule has 3 aromatic heterocycles. The van der Waals surface area contributed by atoms with Crippen LogP contribution in [0.3, 0.4) is 0 Å². The molecule has 0 N–H and O–H groups in total. The number of halogens is 1. The quantitative estimate of drug-likeness (QED) is 0.268. The summed E-state index contributed by atoms with van der Waals surface area (Å²) in [5.41, 5.74) is 7.15. The van der Waals surface area contributed by atoms with Gasteiger partial charge < -0.3 is 0 Å². The number of para-hydroxylation sites is 6. The zero-order valence-electron chi connectivity index (χ0n) is 16.9. The average molecular weight is 478 g/mol. The van der Waals surface area contributed by atoms with Gasteiger partial charge in [0.25, 0.3) is 0 Å². The zero-order chi connectivity index (χ0) is 21.2. The lowest BCUT2D eigenvalue weighted by Crippen LogP contribution is -2.01. The summed E-state index contributed by atoms with van der Waals surface area (Å²) in [5.74, 6) is 1.63. The Morgan fingerprint density at radius 2 is 0.938 bits per heavy atom. The summed E-state index contributed by atoms with van der Waals surface area (Å²) in [5, 5.41) is 0. The maximum atomic E-state index is 5.09. The van der Waals surface area contributed by atoms with E-state index in [-0.39, 0.29) is 0 Å². The first-order valence-electron chi connectivity index (χ1n) is 10.4. The number of hydrogen-bond acceptors (Lipinski definition) is 2. The molecular weight excluding hydrogens is 462 g/mol. The summed E-state index contributed by atoms with van der Waals surface area (Å²) in [6, 6.07) is 33.3. The number of aromatic nitrogens is 5. The standard InChI is InChI=1S/C26H16BrN5/c27-17-13-15-18(16-14-17)30-25-28-19-7-1-3-9-21(19)31(25)23-11-5-6-12-24(23)32-22-10-4-2-8-20(22)29-26(30)32/h1-16H. The minimum absolute atomic E-state index is 0.815. The average Bonchev–Trinajstić information content (AvgIpc) is 3.36. The van der Waals surface area contributed by atoms with Crippen LogP contribution in [0.2, 0.25) is 0 Å². The molecule has 0 spiro atoms. The number of hydrogen-bond donors (Lipinski definition) is 0. The molecule has 4 aromatic carbocycles. The highest BCUT2D eigenvalue weighted by Gasteiger charge is 2.18. The van der Waals surface area contributed by atoms with Gasteiger partial charge in [-0.05, 0) is 60.7 Å². The Kier molecular flexibility index (Phi) is 3.63. The van der Waals surface area contributed by atoms with E-state index in [0.717, 1.165) is 54.8 Å². The lowest BCUT2D eigenvalue weighted by Gasteiger charge is -2.07. The van der Waals surface area contributed by atoms with Crippen LogP contribution in [0, 0.1) is 0 Å². The van der Waals surface area contributed by atoms with Gasteiger partial charge in [0.1, 0.15) is 0 Å². The predicted octanol–water partition coefficient (Wildman–Crippen LogP) is 6.56. The van der Waals surface area contributed by atoms with Gasteiger partial charge in [0, 0.05) is 4.47 Å². The van der Waals surface area contributed by atoms with Gasteiger partial charge in [-0.25, -0.2) is 14.5 Å². The van der Waals surface area contributed by atoms with Crippen molar-refractivity contribution in [1.29, 1.82) is 0 Å². The fourth-order valence-corrected chi connectivity index (χ4v) is 4.82. The first kappa shape index (κ1) is 17.7. The summed E-state index contributed by atoms with van der Waals surface area (Å²) >= 11 is 3.57. The van der Waals surface area contributed by atoms with E-state index in [2.05, 4.69) is 102 Å². The van der Waals surface area contributed by atoms with E-state index in [4.69, 9.17) is 9.97 Å². The molecule has 32 heavy (non-hydrogen) atoms. The highest BCUT2D eigenvalue weighted by atomic mass is 79.9. The van der Waals surface area contributed by atoms with Gasteiger partial charge >= 0.3 is 0 Å². The number of fused-ring (bicyclic) bond motifs is 9. The minimum Gasteiger partial charge on any atom is -0.276 e. The van der Waals surface area contributed by atoms with Crippen LogP contribution in [0.4, 0.5) is 0 Å². The van der Waals surface area contributed by atoms with Crippen LogP contribution in [-0.4, -0.2) is 23.3 Å². The third-order valence-corrected chi connectivity index (χ3v) is 6.46. The van der Waals surface area contributed by atoms with Crippen molar-refractivity contribution in [2.24, 2.45) is 0 Å². The number of nitrogens with zero attached hydrogens (tertiary/aromatic N) is 5. The minimum atomic E-state index is 0.815. The fourth-order valence-electron chi connectivity index (χ4n) is 4.55. The van der Waals surface area contributed by atoms with Crippen molar-refractivity contribution in [3.63, 3.8) is 0 Å². The van der Waals surface area contributed by atoms with Gasteiger partial charge in [-0.2, -0.15) is 0 Å². The molecule has 7 rings (SSSR count). The Morgan fingerprint density at radius 3 is 1.44 bits per heavy atom. The van der Waals surface area contributed by atoms with Crippen molar-refractivity contribution < 1.29 is 0 Å². The van der Waals surface area contributed by atoms with E-state index in [1.54, 1.807) is 0 Å². The van der Waals surface area contributed by atoms with E-state index in [0.29, 0.717) is 0 Å². The summed E-state index contributed by atoms with van der Waals surface area (Å²) in [6.07, 6.45) is 0. The summed E-state index contributed by atoms with van der Waals surface area (Å²) in [7, 11) is 0. The van der Waals surface area contributed by atoms with Crippen LogP contribution >= 0.6 is 15.9 Å². The largest absolute Gasteiger partial charge is 0.276 e. The van der Waals surface area contributed by atoms with E-state index < -0.39 is 0 Å². The zero-order valence-corrected chi connectivity index (χ0v) is 18.4. The van der Waals surface area contributed by atoms with Gasteiger partial charge in [-0.15, -0.1) is 0 Å². The second-order valence-corrected chi connectivity index (χ2v) is 8.69. The van der Waals surface area contributed by atoms with E-state index in [1.807, 2.05) is 24.3 Å². The van der Waals surface area contributed by atoms with Crippen LogP contribution in [-0.2, 0) is 0 Å². The summed E-state index contributed by atoms with van der Waals surface area (Å²) < 4.78 is 7.64. The molecule has 0 aliphatic rings. The molecule has 0 atom stereocenters. The Hall–Kier alpha value is -3.90. The van der Waals surface area contributed by atoms with Gasteiger partial charge in [0.05, 0.1) is 38.8 Å². The molecule has 0 unspecified atom stereocenters. The topological polar surface area (TPSA) is 39.5 Å². The molecule has 6 heteroatoms. The Bertz CT molecular complexity index is 1730. The number of imidazole rings is 2. The molecule has 0 aliphatic carbocycles. The summed E-state index contributed by atoms with van der Waals surface area (Å²) in [6.45, 7) is 0. The van der Waals surface area contributed by atoms with Crippen molar-refractivity contribution in [2.45, 2.75) is 0 Å². The molecule has 0 aliphatic heterocycles. The van der Waals surface area contributed by atoms with Crippen LogP contribution in [0.25, 0.3) is 50.3 Å². The lowest BCUT2D eigenvalue weighted by atomic mass is 10.2. The Morgan fingerprint density at radius 1 is 0.500 bits per heavy atom. The number of benzene rings is 4. The first-order chi connectivity index (χ1) is 15.8. The molecule has 7 aromatic rings. The van der Waals surface area contributed by atoms with Crippen molar-refractivity contribution in [2.75, 3.05) is 0 Å². The molecule has 0 radical (unpaired) electrons. The van der Waals surface area contributed by atoms with Gasteiger partial charge in [0.2, 0.25) is 11.6 Å². The van der Waals surface area contributed by atoms with Crippen LogP contribution < -0.4 is 0 Å². The smallest absolute Gasteiger partial charge is 0.223 e. The van der Waals surface area contributed by atoms with E-state index in [9.17, 15) is 0 Å². The third-order valence-electron chi connectivity index (χ3n) is 5.93. The molecule has 0 amide bonds. The van der Waals surface area contributed by atoms with Crippen molar-refractivity contribution >= 4 is 60.6 Å². The monoisotopic (exact) mass is 477 g/mol. The molecular formula is C26H16BrN5. The lowest BCUT2D eigenvalue weighted by molar-refractivity contribution is 1.03. The van der Waals surface area contributed by atoms with Crippen molar-refractivity contribution in [3.05, 3.63) is 102 Å². The predicted molar refractivity (Wildman–Crippen MR) is 132 cm³/mol. The molecule has 0 saturated carbocycles. The summed E-state index contributed by atoms with van der Waals surface area (Å²) in [4.78, 5) is 10.2. The third kappa shape index (κ3) is 2.38. The SMILES string of the molecule is Brc1ccc(-n2c3nc4ccccc4n3c3ccccc3n3c4ccccc4nc23)cc1. The maximum Gasteiger partial charge on any atom is 0.223 e. The van der Waals surface area contributed by atoms with Gasteiger partial charge in [0.15, 0.2) is 0 Å². The molecule has 0 fully saturated rings. The van der Waals surface area contributed by atoms with Gasteiger partial charge in [-0.1, -0.05) is 52.3 Å². The molecule has 152 valence electrons. The maximum absolute atomic E-state index is 5.09. The van der Waals surface area contributed by atoms with Crippen LogP contribution in [0.1, 0.15) is 0 Å².